The Bertz CT molecular complexity index is 1830. The topological polar surface area (TPSA) is 95.3 Å². The number of alkyl halides is 3. The van der Waals surface area contributed by atoms with Crippen LogP contribution in [0.1, 0.15) is 39.2 Å². The summed E-state index contributed by atoms with van der Waals surface area (Å²) in [7, 11) is 1.71. The fraction of sp³-hybridized carbons (Fsp3) is 0.200. The summed E-state index contributed by atoms with van der Waals surface area (Å²) in [6.07, 6.45) is 5.21. The van der Waals surface area contributed by atoms with Gasteiger partial charge in [0.05, 0.1) is 41.3 Å². The molecule has 0 aliphatic heterocycles. The highest BCUT2D eigenvalue weighted by atomic mass is 19.4. The van der Waals surface area contributed by atoms with Gasteiger partial charge < -0.3 is 15.1 Å². The number of nitrogens with zero attached hydrogens (tertiary/aromatic N) is 6. The lowest BCUT2D eigenvalue weighted by Gasteiger charge is -2.20. The summed E-state index contributed by atoms with van der Waals surface area (Å²) in [5.41, 5.74) is 3.49. The number of phenols is 1. The average molecular weight is 558 g/mol. The van der Waals surface area contributed by atoms with Gasteiger partial charge in [-0.05, 0) is 62.2 Å². The highest BCUT2D eigenvalue weighted by Gasteiger charge is 2.31. The molecule has 5 aromatic rings. The van der Waals surface area contributed by atoms with E-state index in [1.54, 1.807) is 77.0 Å². The molecule has 208 valence electrons. The summed E-state index contributed by atoms with van der Waals surface area (Å²) in [6.45, 7) is 3.81. The van der Waals surface area contributed by atoms with E-state index in [2.05, 4.69) is 26.8 Å². The van der Waals surface area contributed by atoms with Crippen molar-refractivity contribution in [1.82, 2.24) is 28.8 Å². The van der Waals surface area contributed by atoms with Crippen LogP contribution in [-0.2, 0) is 12.7 Å². The number of benzene rings is 2. The fourth-order valence-corrected chi connectivity index (χ4v) is 4.52. The smallest absolute Gasteiger partial charge is 0.416 e. The van der Waals surface area contributed by atoms with E-state index in [1.165, 1.54) is 6.33 Å². The van der Waals surface area contributed by atoms with Crippen LogP contribution in [0.3, 0.4) is 0 Å². The van der Waals surface area contributed by atoms with Gasteiger partial charge in [-0.2, -0.15) is 13.2 Å². The van der Waals surface area contributed by atoms with Gasteiger partial charge in [0, 0.05) is 42.9 Å². The predicted molar refractivity (Wildman–Crippen MR) is 148 cm³/mol. The number of hydrogen-bond donors (Lipinski definition) is 2. The van der Waals surface area contributed by atoms with Crippen molar-refractivity contribution < 1.29 is 18.3 Å². The van der Waals surface area contributed by atoms with Crippen molar-refractivity contribution >= 4 is 11.4 Å². The van der Waals surface area contributed by atoms with Crippen molar-refractivity contribution in [1.29, 1.82) is 5.41 Å². The first-order chi connectivity index (χ1) is 19.5. The number of imidazole rings is 2. The Labute approximate surface area is 234 Å². The van der Waals surface area contributed by atoms with Gasteiger partial charge in [0.25, 0.3) is 0 Å². The van der Waals surface area contributed by atoms with Gasteiger partial charge in [-0.3, -0.25) is 14.3 Å². The number of hydrogen-bond acceptors (Lipinski definition) is 6. The predicted octanol–water partition coefficient (Wildman–Crippen LogP) is 5.16. The van der Waals surface area contributed by atoms with E-state index >= 15 is 0 Å². The molecule has 0 spiro atoms. The van der Waals surface area contributed by atoms with Gasteiger partial charge in [0.2, 0.25) is 0 Å². The Balaban J connectivity index is 1.37. The van der Waals surface area contributed by atoms with E-state index in [1.807, 2.05) is 6.92 Å². The normalized spacial score (nSPS) is 11.6. The number of phenolic OH excluding ortho intramolecular Hbond substituents is 1. The average Bonchev–Trinajstić information content (AvgIpc) is 3.54. The number of fused-ring (bicyclic) bond motifs is 1. The van der Waals surface area contributed by atoms with Crippen LogP contribution in [0.15, 0.2) is 67.6 Å². The molecule has 0 aliphatic rings. The lowest BCUT2D eigenvalue weighted by atomic mass is 10.00. The second kappa shape index (κ2) is 10.9. The first-order valence-electron chi connectivity index (χ1n) is 12.6. The zero-order valence-electron chi connectivity index (χ0n) is 22.5. The molecule has 5 rings (SSSR count). The SMILES string of the molecule is Cc1cn(-c2cc(CN(C)CC(=N)c3ccc(C)c(C#Cc4cnc5cnccn45)c3O)cc(C(F)(F)F)c2)cn1. The third kappa shape index (κ3) is 5.97. The molecule has 8 nitrogen and oxygen atoms in total. The van der Waals surface area contributed by atoms with Crippen molar-refractivity contribution in [3.8, 4) is 23.3 Å². The highest BCUT2D eigenvalue weighted by Crippen LogP contribution is 2.32. The molecule has 0 unspecified atom stereocenters. The maximum Gasteiger partial charge on any atom is 0.416 e. The van der Waals surface area contributed by atoms with E-state index in [0.29, 0.717) is 39.4 Å². The Morgan fingerprint density at radius 3 is 2.63 bits per heavy atom. The summed E-state index contributed by atoms with van der Waals surface area (Å²) in [4.78, 5) is 14.1. The van der Waals surface area contributed by atoms with E-state index in [-0.39, 0.29) is 24.6 Å². The van der Waals surface area contributed by atoms with Gasteiger partial charge in [0.1, 0.15) is 11.4 Å². The van der Waals surface area contributed by atoms with Crippen LogP contribution in [0.25, 0.3) is 11.3 Å². The van der Waals surface area contributed by atoms with Gasteiger partial charge >= 0.3 is 6.18 Å². The molecule has 41 heavy (non-hydrogen) atoms. The van der Waals surface area contributed by atoms with Crippen molar-refractivity contribution in [2.45, 2.75) is 26.6 Å². The molecule has 0 bridgehead atoms. The van der Waals surface area contributed by atoms with Gasteiger partial charge in [0.15, 0.2) is 5.65 Å². The third-order valence-corrected chi connectivity index (χ3v) is 6.54. The molecule has 0 saturated carbocycles. The summed E-state index contributed by atoms with van der Waals surface area (Å²) in [5.74, 6) is 5.91. The standard InChI is InChI=1S/C30H26F3N7O/c1-19-4-6-26(29(41)25(19)7-5-23-13-36-28-14-35-8-9-40(23)28)27(34)17-38(3)16-21-10-22(30(31,32)33)12-24(11-21)39-15-20(2)37-18-39/h4,6,8-15,18,34,41H,16-17H2,1-3H3. The molecule has 0 radical (unpaired) electrons. The number of aromatic nitrogens is 5. The molecule has 0 amide bonds. The molecule has 0 aliphatic carbocycles. The summed E-state index contributed by atoms with van der Waals surface area (Å²) in [6, 6.07) is 7.29. The zero-order chi connectivity index (χ0) is 29.3. The quantitative estimate of drug-likeness (QED) is 0.222. The van der Waals surface area contributed by atoms with Crippen LogP contribution in [0.4, 0.5) is 13.2 Å². The zero-order valence-corrected chi connectivity index (χ0v) is 22.5. The van der Waals surface area contributed by atoms with Crippen molar-refractivity contribution in [2.24, 2.45) is 0 Å². The molecule has 0 saturated heterocycles. The minimum absolute atomic E-state index is 0.0828. The Morgan fingerprint density at radius 1 is 1.10 bits per heavy atom. The van der Waals surface area contributed by atoms with Crippen LogP contribution < -0.4 is 0 Å². The second-order valence-corrected chi connectivity index (χ2v) is 9.81. The molecule has 3 aromatic heterocycles. The molecule has 0 atom stereocenters. The molecule has 0 fully saturated rings. The maximum atomic E-state index is 13.7. The van der Waals surface area contributed by atoms with Crippen LogP contribution >= 0.6 is 0 Å². The molecule has 2 aromatic carbocycles. The minimum atomic E-state index is -4.52. The number of rotatable bonds is 6. The Morgan fingerprint density at radius 2 is 1.90 bits per heavy atom. The van der Waals surface area contributed by atoms with Crippen LogP contribution in [0, 0.1) is 31.1 Å². The second-order valence-electron chi connectivity index (χ2n) is 9.81. The molecule has 3 heterocycles. The minimum Gasteiger partial charge on any atom is -0.506 e. The largest absolute Gasteiger partial charge is 0.506 e. The molecule has 2 N–H and O–H groups in total. The monoisotopic (exact) mass is 557 g/mol. The summed E-state index contributed by atoms with van der Waals surface area (Å²) < 4.78 is 44.3. The van der Waals surface area contributed by atoms with E-state index in [9.17, 15) is 18.3 Å². The number of aromatic hydroxyl groups is 1. The first-order valence-corrected chi connectivity index (χ1v) is 12.6. The number of nitrogens with one attached hydrogen (secondary N) is 1. The Kier molecular flexibility index (Phi) is 7.34. The number of aryl methyl sites for hydroxylation is 2. The Hall–Kier alpha value is -4.95. The van der Waals surface area contributed by atoms with Crippen LogP contribution in [-0.4, -0.2) is 53.2 Å². The summed E-state index contributed by atoms with van der Waals surface area (Å²) in [5, 5.41) is 19.7. The lowest BCUT2D eigenvalue weighted by molar-refractivity contribution is -0.137. The van der Waals surface area contributed by atoms with Gasteiger partial charge in [-0.15, -0.1) is 0 Å². The van der Waals surface area contributed by atoms with Crippen molar-refractivity contribution in [3.63, 3.8) is 0 Å². The lowest BCUT2D eigenvalue weighted by Crippen LogP contribution is -2.26. The molecular formula is C30H26F3N7O. The van der Waals surface area contributed by atoms with E-state index < -0.39 is 11.7 Å². The summed E-state index contributed by atoms with van der Waals surface area (Å²) >= 11 is 0. The molecule has 11 heteroatoms. The van der Waals surface area contributed by atoms with Crippen molar-refractivity contribution in [3.05, 3.63) is 107 Å². The van der Waals surface area contributed by atoms with Crippen molar-refractivity contribution in [2.75, 3.05) is 13.6 Å². The van der Waals surface area contributed by atoms with Crippen LogP contribution in [0.2, 0.25) is 0 Å². The first kappa shape index (κ1) is 27.6. The van der Waals surface area contributed by atoms with Gasteiger partial charge in [-0.25, -0.2) is 9.97 Å². The van der Waals surface area contributed by atoms with E-state index in [4.69, 9.17) is 5.41 Å². The number of halogens is 3. The van der Waals surface area contributed by atoms with Gasteiger partial charge in [-0.1, -0.05) is 12.0 Å². The fourth-order valence-electron chi connectivity index (χ4n) is 4.52. The maximum absolute atomic E-state index is 13.7. The van der Waals surface area contributed by atoms with E-state index in [0.717, 1.165) is 17.7 Å². The third-order valence-electron chi connectivity index (χ3n) is 6.54. The molecular weight excluding hydrogens is 531 g/mol. The number of likely N-dealkylation sites (N-methyl/N-ethyl adjacent to an activating group) is 1. The van der Waals surface area contributed by atoms with Crippen LogP contribution in [0.5, 0.6) is 5.75 Å². The highest BCUT2D eigenvalue weighted by molar-refractivity contribution is 6.02.